The number of carbonyl (C=O) groups excluding carboxylic acids is 1. The maximum Gasteiger partial charge on any atom is 0.233 e. The first-order valence-corrected chi connectivity index (χ1v) is 10.7. The summed E-state index contributed by atoms with van der Waals surface area (Å²) in [7, 11) is 0. The molecule has 7 heteroatoms. The molecule has 2 aromatic heterocycles. The minimum atomic E-state index is 0.171. The topological polar surface area (TPSA) is 64.2 Å². The van der Waals surface area contributed by atoms with E-state index in [0.29, 0.717) is 22.5 Å². The van der Waals surface area contributed by atoms with Gasteiger partial charge in [-0.3, -0.25) is 9.36 Å². The largest absolute Gasteiger partial charge is 0.461 e. The molecule has 0 bridgehead atoms. The van der Waals surface area contributed by atoms with Crippen LogP contribution in [0.4, 0.5) is 0 Å². The highest BCUT2D eigenvalue weighted by Crippen LogP contribution is 2.28. The highest BCUT2D eigenvalue weighted by atomic mass is 32.2. The number of hydrogen-bond acceptors (Lipinski definition) is 5. The van der Waals surface area contributed by atoms with E-state index in [0.717, 1.165) is 31.6 Å². The Morgan fingerprint density at radius 2 is 1.82 bits per heavy atom. The molecular weight excluding hydrogens is 372 g/mol. The second-order valence-electron chi connectivity index (χ2n) is 7.04. The molecule has 1 amide bonds. The fourth-order valence-electron chi connectivity index (χ4n) is 3.39. The summed E-state index contributed by atoms with van der Waals surface area (Å²) in [5.41, 5.74) is 2.13. The minimum absolute atomic E-state index is 0.171. The van der Waals surface area contributed by atoms with Crippen molar-refractivity contribution >= 4 is 17.7 Å². The molecule has 1 aliphatic heterocycles. The fraction of sp³-hybridized carbons (Fsp3) is 0.381. The quantitative estimate of drug-likeness (QED) is 0.601. The van der Waals surface area contributed by atoms with Crippen molar-refractivity contribution in [1.82, 2.24) is 19.7 Å². The van der Waals surface area contributed by atoms with Crippen LogP contribution in [0.2, 0.25) is 0 Å². The molecule has 4 rings (SSSR count). The first kappa shape index (κ1) is 18.8. The maximum atomic E-state index is 12.7. The molecule has 1 aliphatic rings. The molecule has 0 saturated carbocycles. The van der Waals surface area contributed by atoms with Crippen molar-refractivity contribution < 1.29 is 9.21 Å². The number of nitrogens with zero attached hydrogens (tertiary/aromatic N) is 4. The molecule has 0 N–H and O–H groups in total. The van der Waals surface area contributed by atoms with Crippen LogP contribution in [0.25, 0.3) is 17.3 Å². The molecule has 1 saturated heterocycles. The molecule has 0 aliphatic carbocycles. The Hall–Kier alpha value is -2.54. The van der Waals surface area contributed by atoms with Crippen LogP contribution in [-0.4, -0.2) is 44.4 Å². The molecule has 0 unspecified atom stereocenters. The Kier molecular flexibility index (Phi) is 5.81. The summed E-state index contributed by atoms with van der Waals surface area (Å²) in [6.45, 7) is 3.78. The van der Waals surface area contributed by atoms with E-state index in [4.69, 9.17) is 4.42 Å². The van der Waals surface area contributed by atoms with Gasteiger partial charge in [0, 0.05) is 18.8 Å². The number of amides is 1. The van der Waals surface area contributed by atoms with Crippen molar-refractivity contribution in [3.05, 3.63) is 48.2 Å². The van der Waals surface area contributed by atoms with E-state index in [2.05, 4.69) is 29.3 Å². The van der Waals surface area contributed by atoms with Gasteiger partial charge in [0.2, 0.25) is 11.7 Å². The number of hydrogen-bond donors (Lipinski definition) is 0. The first-order valence-electron chi connectivity index (χ1n) is 9.69. The Morgan fingerprint density at radius 1 is 1.07 bits per heavy atom. The number of rotatable bonds is 5. The standard InChI is InChI=1S/C21H24N4O2S/c1-16-8-10-17(11-9-16)25-20(18-7-6-14-27-18)22-23-21(25)28-15-19(26)24-12-4-2-3-5-13-24/h6-11,14H,2-5,12-13,15H2,1H3. The number of likely N-dealkylation sites (tertiary alicyclic amines) is 1. The highest BCUT2D eigenvalue weighted by molar-refractivity contribution is 7.99. The number of carbonyl (C=O) groups is 1. The molecule has 146 valence electrons. The maximum absolute atomic E-state index is 12.7. The molecule has 0 atom stereocenters. The molecule has 1 aromatic carbocycles. The lowest BCUT2D eigenvalue weighted by atomic mass is 10.2. The lowest BCUT2D eigenvalue weighted by Gasteiger charge is -2.19. The first-order chi connectivity index (χ1) is 13.7. The fourth-order valence-corrected chi connectivity index (χ4v) is 4.25. The molecule has 1 fully saturated rings. The zero-order valence-corrected chi connectivity index (χ0v) is 16.8. The predicted octanol–water partition coefficient (Wildman–Crippen LogP) is 4.33. The molecule has 0 spiro atoms. The molecule has 6 nitrogen and oxygen atoms in total. The Morgan fingerprint density at radius 3 is 2.50 bits per heavy atom. The van der Waals surface area contributed by atoms with Gasteiger partial charge in [0.25, 0.3) is 0 Å². The van der Waals surface area contributed by atoms with Crippen LogP contribution in [0.5, 0.6) is 0 Å². The van der Waals surface area contributed by atoms with Crippen molar-refractivity contribution in [3.63, 3.8) is 0 Å². The molecule has 3 aromatic rings. The van der Waals surface area contributed by atoms with Crippen molar-refractivity contribution in [2.45, 2.75) is 37.8 Å². The second-order valence-corrected chi connectivity index (χ2v) is 7.98. The number of thioether (sulfide) groups is 1. The average Bonchev–Trinajstić information content (AvgIpc) is 3.30. The minimum Gasteiger partial charge on any atom is -0.461 e. The van der Waals surface area contributed by atoms with Gasteiger partial charge in [-0.25, -0.2) is 0 Å². The summed E-state index contributed by atoms with van der Waals surface area (Å²) >= 11 is 1.43. The van der Waals surface area contributed by atoms with Crippen LogP contribution in [0.1, 0.15) is 31.2 Å². The van der Waals surface area contributed by atoms with Gasteiger partial charge in [-0.05, 0) is 44.0 Å². The number of aryl methyl sites for hydroxylation is 1. The predicted molar refractivity (Wildman–Crippen MR) is 110 cm³/mol. The van der Waals surface area contributed by atoms with Gasteiger partial charge in [0.1, 0.15) is 0 Å². The smallest absolute Gasteiger partial charge is 0.233 e. The molecular formula is C21H24N4O2S. The third-order valence-electron chi connectivity index (χ3n) is 4.95. The average molecular weight is 397 g/mol. The monoisotopic (exact) mass is 396 g/mol. The van der Waals surface area contributed by atoms with Crippen molar-refractivity contribution in [3.8, 4) is 17.3 Å². The van der Waals surface area contributed by atoms with Crippen LogP contribution < -0.4 is 0 Å². The van der Waals surface area contributed by atoms with Crippen LogP contribution in [0, 0.1) is 6.92 Å². The van der Waals surface area contributed by atoms with E-state index >= 15 is 0 Å². The molecule has 28 heavy (non-hydrogen) atoms. The van der Waals surface area contributed by atoms with Gasteiger partial charge in [0.05, 0.1) is 12.0 Å². The summed E-state index contributed by atoms with van der Waals surface area (Å²) in [4.78, 5) is 14.7. The van der Waals surface area contributed by atoms with Crippen molar-refractivity contribution in [1.29, 1.82) is 0 Å². The van der Waals surface area contributed by atoms with E-state index in [9.17, 15) is 4.79 Å². The zero-order valence-electron chi connectivity index (χ0n) is 16.0. The van der Waals surface area contributed by atoms with E-state index in [1.807, 2.05) is 33.7 Å². The summed E-state index contributed by atoms with van der Waals surface area (Å²) in [6, 6.07) is 11.9. The van der Waals surface area contributed by atoms with E-state index in [1.54, 1.807) is 6.26 Å². The zero-order chi connectivity index (χ0) is 19.3. The third-order valence-corrected chi connectivity index (χ3v) is 5.86. The van der Waals surface area contributed by atoms with Crippen LogP contribution >= 0.6 is 11.8 Å². The van der Waals surface area contributed by atoms with Gasteiger partial charge in [-0.1, -0.05) is 42.3 Å². The van der Waals surface area contributed by atoms with Gasteiger partial charge in [0.15, 0.2) is 10.9 Å². The molecule has 3 heterocycles. The van der Waals surface area contributed by atoms with E-state index in [1.165, 1.54) is 30.2 Å². The second kappa shape index (κ2) is 8.65. The molecule has 0 radical (unpaired) electrons. The van der Waals surface area contributed by atoms with Crippen molar-refractivity contribution in [2.75, 3.05) is 18.8 Å². The number of aromatic nitrogens is 3. The highest BCUT2D eigenvalue weighted by Gasteiger charge is 2.21. The van der Waals surface area contributed by atoms with E-state index in [-0.39, 0.29) is 5.91 Å². The third kappa shape index (κ3) is 4.14. The Bertz CT molecular complexity index is 911. The van der Waals surface area contributed by atoms with Gasteiger partial charge >= 0.3 is 0 Å². The number of benzene rings is 1. The van der Waals surface area contributed by atoms with Crippen LogP contribution in [0.15, 0.2) is 52.2 Å². The number of furan rings is 1. The van der Waals surface area contributed by atoms with Gasteiger partial charge in [-0.15, -0.1) is 10.2 Å². The summed E-state index contributed by atoms with van der Waals surface area (Å²) in [6.07, 6.45) is 6.24. The normalized spacial score (nSPS) is 14.8. The van der Waals surface area contributed by atoms with E-state index < -0.39 is 0 Å². The Balaban J connectivity index is 1.58. The lowest BCUT2D eigenvalue weighted by molar-refractivity contribution is -0.128. The van der Waals surface area contributed by atoms with Crippen molar-refractivity contribution in [2.24, 2.45) is 0 Å². The Labute approximate surface area is 168 Å². The van der Waals surface area contributed by atoms with Gasteiger partial charge < -0.3 is 9.32 Å². The summed E-state index contributed by atoms with van der Waals surface area (Å²) in [5, 5.41) is 9.38. The van der Waals surface area contributed by atoms with Gasteiger partial charge in [-0.2, -0.15) is 0 Å². The lowest BCUT2D eigenvalue weighted by Crippen LogP contribution is -2.33. The van der Waals surface area contributed by atoms with Crippen LogP contribution in [0.3, 0.4) is 0 Å². The van der Waals surface area contributed by atoms with Crippen LogP contribution in [-0.2, 0) is 4.79 Å². The SMILES string of the molecule is Cc1ccc(-n2c(SCC(=O)N3CCCCCC3)nnc2-c2ccco2)cc1. The summed E-state index contributed by atoms with van der Waals surface area (Å²) in [5.74, 6) is 1.82. The summed E-state index contributed by atoms with van der Waals surface area (Å²) < 4.78 is 7.50.